The predicted molar refractivity (Wildman–Crippen MR) is 49.7 cm³/mol. The van der Waals surface area contributed by atoms with Crippen molar-refractivity contribution in [3.8, 4) is 5.75 Å². The third kappa shape index (κ3) is 1.20. The molecule has 0 spiro atoms. The second-order valence-corrected chi connectivity index (χ2v) is 3.47. The van der Waals surface area contributed by atoms with Gasteiger partial charge in [0, 0.05) is 5.56 Å². The summed E-state index contributed by atoms with van der Waals surface area (Å²) in [6, 6.07) is 6.27. The molecule has 1 saturated carbocycles. The normalized spacial score (nSPS) is 16.2. The lowest BCUT2D eigenvalue weighted by molar-refractivity contribution is 0.409. The molecule has 1 heteroatoms. The van der Waals surface area contributed by atoms with E-state index in [2.05, 4.69) is 25.1 Å². The number of benzene rings is 1. The maximum Gasteiger partial charge on any atom is 0.122 e. The fourth-order valence-corrected chi connectivity index (χ4v) is 1.73. The van der Waals surface area contributed by atoms with Crippen LogP contribution < -0.4 is 4.74 Å². The van der Waals surface area contributed by atoms with E-state index < -0.39 is 0 Å². The Hall–Kier alpha value is -0.980. The first-order chi connectivity index (χ1) is 5.83. The Morgan fingerprint density at radius 1 is 1.33 bits per heavy atom. The first kappa shape index (κ1) is 7.66. The lowest BCUT2D eigenvalue weighted by Crippen LogP contribution is -1.92. The molecule has 0 aromatic heterocycles. The van der Waals surface area contributed by atoms with Gasteiger partial charge in [-0.25, -0.2) is 0 Å². The van der Waals surface area contributed by atoms with Crippen LogP contribution in [0.4, 0.5) is 0 Å². The SMILES string of the molecule is COc1cccc(C)c1C1CC1. The van der Waals surface area contributed by atoms with Crippen LogP contribution in [-0.4, -0.2) is 7.11 Å². The standard InChI is InChI=1S/C11H14O/c1-8-4-3-5-10(12-2)11(8)9-6-7-9/h3-5,9H,6-7H2,1-2H3. The molecule has 0 amide bonds. The lowest BCUT2D eigenvalue weighted by atomic mass is 10.0. The van der Waals surface area contributed by atoms with Gasteiger partial charge in [-0.3, -0.25) is 0 Å². The molecule has 0 bridgehead atoms. The summed E-state index contributed by atoms with van der Waals surface area (Å²) in [6.07, 6.45) is 2.67. The summed E-state index contributed by atoms with van der Waals surface area (Å²) in [7, 11) is 1.75. The van der Waals surface area contributed by atoms with Gasteiger partial charge in [0.15, 0.2) is 0 Å². The number of aryl methyl sites for hydroxylation is 1. The number of methoxy groups -OCH3 is 1. The fraction of sp³-hybridized carbons (Fsp3) is 0.455. The van der Waals surface area contributed by atoms with Crippen LogP contribution in [0.25, 0.3) is 0 Å². The van der Waals surface area contributed by atoms with Crippen LogP contribution in [0.2, 0.25) is 0 Å². The predicted octanol–water partition coefficient (Wildman–Crippen LogP) is 2.88. The molecule has 0 aliphatic heterocycles. The number of hydrogen-bond acceptors (Lipinski definition) is 1. The molecular formula is C11H14O. The maximum absolute atomic E-state index is 5.33. The van der Waals surface area contributed by atoms with Crippen molar-refractivity contribution < 1.29 is 4.74 Å². The smallest absolute Gasteiger partial charge is 0.122 e. The van der Waals surface area contributed by atoms with Crippen molar-refractivity contribution in [1.29, 1.82) is 0 Å². The van der Waals surface area contributed by atoms with Gasteiger partial charge >= 0.3 is 0 Å². The monoisotopic (exact) mass is 162 g/mol. The van der Waals surface area contributed by atoms with E-state index >= 15 is 0 Å². The highest BCUT2D eigenvalue weighted by Crippen LogP contribution is 2.45. The van der Waals surface area contributed by atoms with Crippen molar-refractivity contribution in [2.75, 3.05) is 7.11 Å². The minimum atomic E-state index is 0.779. The molecule has 0 saturated heterocycles. The molecule has 1 aliphatic rings. The molecule has 1 fully saturated rings. The van der Waals surface area contributed by atoms with Crippen LogP contribution in [0.3, 0.4) is 0 Å². The van der Waals surface area contributed by atoms with Crippen molar-refractivity contribution >= 4 is 0 Å². The first-order valence-electron chi connectivity index (χ1n) is 4.46. The van der Waals surface area contributed by atoms with E-state index in [-0.39, 0.29) is 0 Å². The van der Waals surface area contributed by atoms with E-state index in [4.69, 9.17) is 4.74 Å². The van der Waals surface area contributed by atoms with Gasteiger partial charge in [-0.2, -0.15) is 0 Å². The summed E-state index contributed by atoms with van der Waals surface area (Å²) >= 11 is 0. The second kappa shape index (κ2) is 2.81. The van der Waals surface area contributed by atoms with Crippen molar-refractivity contribution in [3.63, 3.8) is 0 Å². The quantitative estimate of drug-likeness (QED) is 0.649. The van der Waals surface area contributed by atoms with E-state index in [1.54, 1.807) is 7.11 Å². The van der Waals surface area contributed by atoms with Crippen LogP contribution in [-0.2, 0) is 0 Å². The molecule has 1 nitrogen and oxygen atoms in total. The highest BCUT2D eigenvalue weighted by atomic mass is 16.5. The van der Waals surface area contributed by atoms with Gasteiger partial charge in [0.25, 0.3) is 0 Å². The Bertz CT molecular complexity index is 287. The molecule has 0 radical (unpaired) electrons. The maximum atomic E-state index is 5.33. The molecule has 0 atom stereocenters. The molecule has 2 rings (SSSR count). The van der Waals surface area contributed by atoms with Gasteiger partial charge in [-0.05, 0) is 37.3 Å². The zero-order valence-corrected chi connectivity index (χ0v) is 7.63. The third-order valence-corrected chi connectivity index (χ3v) is 2.49. The van der Waals surface area contributed by atoms with Crippen LogP contribution in [0.1, 0.15) is 29.9 Å². The summed E-state index contributed by atoms with van der Waals surface area (Å²) in [6.45, 7) is 2.16. The van der Waals surface area contributed by atoms with E-state index in [9.17, 15) is 0 Å². The highest BCUT2D eigenvalue weighted by molar-refractivity contribution is 5.44. The third-order valence-electron chi connectivity index (χ3n) is 2.49. The molecule has 1 aliphatic carbocycles. The zero-order valence-electron chi connectivity index (χ0n) is 7.63. The summed E-state index contributed by atoms with van der Waals surface area (Å²) in [5.74, 6) is 1.85. The summed E-state index contributed by atoms with van der Waals surface area (Å²) < 4.78 is 5.33. The molecule has 1 aromatic carbocycles. The zero-order chi connectivity index (χ0) is 8.55. The Balaban J connectivity index is 2.45. The second-order valence-electron chi connectivity index (χ2n) is 3.47. The van der Waals surface area contributed by atoms with Gasteiger partial charge in [0.05, 0.1) is 7.11 Å². The molecule has 0 heterocycles. The van der Waals surface area contributed by atoms with Crippen molar-refractivity contribution in [1.82, 2.24) is 0 Å². The lowest BCUT2D eigenvalue weighted by Gasteiger charge is -2.09. The summed E-state index contributed by atoms with van der Waals surface area (Å²) in [5, 5.41) is 0. The molecule has 0 N–H and O–H groups in total. The fourth-order valence-electron chi connectivity index (χ4n) is 1.73. The molecule has 64 valence electrons. The number of rotatable bonds is 2. The molecule has 1 aromatic rings. The molecular weight excluding hydrogens is 148 g/mol. The summed E-state index contributed by atoms with van der Waals surface area (Å²) in [5.41, 5.74) is 2.80. The minimum Gasteiger partial charge on any atom is -0.496 e. The van der Waals surface area contributed by atoms with Gasteiger partial charge < -0.3 is 4.74 Å². The summed E-state index contributed by atoms with van der Waals surface area (Å²) in [4.78, 5) is 0. The minimum absolute atomic E-state index is 0.779. The molecule has 0 unspecified atom stereocenters. The Labute approximate surface area is 73.4 Å². The van der Waals surface area contributed by atoms with Crippen molar-refractivity contribution in [3.05, 3.63) is 29.3 Å². The number of hydrogen-bond donors (Lipinski definition) is 0. The van der Waals surface area contributed by atoms with Crippen LogP contribution in [0, 0.1) is 6.92 Å². The van der Waals surface area contributed by atoms with E-state index in [0.717, 1.165) is 11.7 Å². The van der Waals surface area contributed by atoms with E-state index in [1.165, 1.54) is 24.0 Å². The van der Waals surface area contributed by atoms with E-state index in [1.807, 2.05) is 0 Å². The Kier molecular flexibility index (Phi) is 1.80. The van der Waals surface area contributed by atoms with Crippen LogP contribution in [0.5, 0.6) is 5.75 Å². The largest absolute Gasteiger partial charge is 0.496 e. The number of ether oxygens (including phenoxy) is 1. The van der Waals surface area contributed by atoms with E-state index in [0.29, 0.717) is 0 Å². The Morgan fingerprint density at radius 2 is 2.08 bits per heavy atom. The average molecular weight is 162 g/mol. The topological polar surface area (TPSA) is 9.23 Å². The average Bonchev–Trinajstić information content (AvgIpc) is 2.87. The van der Waals surface area contributed by atoms with Crippen LogP contribution in [0.15, 0.2) is 18.2 Å². The van der Waals surface area contributed by atoms with Crippen LogP contribution >= 0.6 is 0 Å². The highest BCUT2D eigenvalue weighted by Gasteiger charge is 2.27. The molecule has 12 heavy (non-hydrogen) atoms. The first-order valence-corrected chi connectivity index (χ1v) is 4.46. The van der Waals surface area contributed by atoms with Gasteiger partial charge in [0.2, 0.25) is 0 Å². The Morgan fingerprint density at radius 3 is 2.67 bits per heavy atom. The van der Waals surface area contributed by atoms with Gasteiger partial charge in [-0.1, -0.05) is 12.1 Å². The van der Waals surface area contributed by atoms with Crippen molar-refractivity contribution in [2.45, 2.75) is 25.7 Å². The van der Waals surface area contributed by atoms with Gasteiger partial charge in [0.1, 0.15) is 5.75 Å². The van der Waals surface area contributed by atoms with Crippen molar-refractivity contribution in [2.24, 2.45) is 0 Å². The van der Waals surface area contributed by atoms with Gasteiger partial charge in [-0.15, -0.1) is 0 Å².